The Morgan fingerprint density at radius 3 is 2.95 bits per heavy atom. The van der Waals surface area contributed by atoms with Gasteiger partial charge in [-0.05, 0) is 36.6 Å². The summed E-state index contributed by atoms with van der Waals surface area (Å²) in [5.41, 5.74) is 2.12. The summed E-state index contributed by atoms with van der Waals surface area (Å²) in [4.78, 5) is 0.370. The van der Waals surface area contributed by atoms with Gasteiger partial charge < -0.3 is 10.1 Å². The van der Waals surface area contributed by atoms with E-state index in [-0.39, 0.29) is 0 Å². The number of benzene rings is 1. The minimum Gasteiger partial charge on any atom is -0.385 e. The van der Waals surface area contributed by atoms with Crippen LogP contribution in [0.4, 0.5) is 5.69 Å². The fourth-order valence-electron chi connectivity index (χ4n) is 2.17. The van der Waals surface area contributed by atoms with Gasteiger partial charge >= 0.3 is 0 Å². The van der Waals surface area contributed by atoms with Crippen LogP contribution in [0.15, 0.2) is 23.1 Å². The van der Waals surface area contributed by atoms with Crippen LogP contribution in [0.5, 0.6) is 0 Å². The molecule has 0 aromatic heterocycles. The van der Waals surface area contributed by atoms with Crippen molar-refractivity contribution in [3.63, 3.8) is 0 Å². The molecule has 6 heteroatoms. The third-order valence-electron chi connectivity index (χ3n) is 3.32. The monoisotopic (exact) mass is 284 g/mol. The highest BCUT2D eigenvalue weighted by atomic mass is 32.2. The van der Waals surface area contributed by atoms with Crippen LogP contribution in [-0.4, -0.2) is 46.6 Å². The SMILES string of the molecule is COCCCN(C)S(=O)(=O)c1ccc2c(c1)CCN2. The topological polar surface area (TPSA) is 58.6 Å². The van der Waals surface area contributed by atoms with Crippen molar-refractivity contribution in [1.29, 1.82) is 0 Å². The van der Waals surface area contributed by atoms with Crippen molar-refractivity contribution in [3.05, 3.63) is 23.8 Å². The lowest BCUT2D eigenvalue weighted by molar-refractivity contribution is 0.189. The Hall–Kier alpha value is -1.11. The predicted molar refractivity (Wildman–Crippen MR) is 74.9 cm³/mol. The largest absolute Gasteiger partial charge is 0.385 e. The third kappa shape index (κ3) is 3.08. The molecule has 0 saturated carbocycles. The third-order valence-corrected chi connectivity index (χ3v) is 5.17. The first-order chi connectivity index (χ1) is 9.05. The molecule has 0 saturated heterocycles. The van der Waals surface area contributed by atoms with Gasteiger partial charge in [-0.1, -0.05) is 0 Å². The lowest BCUT2D eigenvalue weighted by atomic mass is 10.2. The number of nitrogens with one attached hydrogen (secondary N) is 1. The molecule has 0 fully saturated rings. The lowest BCUT2D eigenvalue weighted by Crippen LogP contribution is -2.28. The van der Waals surface area contributed by atoms with Gasteiger partial charge in [0.25, 0.3) is 0 Å². The van der Waals surface area contributed by atoms with Crippen LogP contribution in [-0.2, 0) is 21.2 Å². The first kappa shape index (κ1) is 14.3. The van der Waals surface area contributed by atoms with E-state index < -0.39 is 10.0 Å². The highest BCUT2D eigenvalue weighted by Gasteiger charge is 2.22. The van der Waals surface area contributed by atoms with Gasteiger partial charge in [0, 0.05) is 39.5 Å². The highest BCUT2D eigenvalue weighted by molar-refractivity contribution is 7.89. The van der Waals surface area contributed by atoms with Gasteiger partial charge in [-0.25, -0.2) is 12.7 Å². The summed E-state index contributed by atoms with van der Waals surface area (Å²) in [6.07, 6.45) is 1.57. The predicted octanol–water partition coefficient (Wildman–Crippen LogP) is 1.31. The smallest absolute Gasteiger partial charge is 0.242 e. The van der Waals surface area contributed by atoms with Gasteiger partial charge in [0.05, 0.1) is 4.90 Å². The maximum absolute atomic E-state index is 12.4. The van der Waals surface area contributed by atoms with Gasteiger partial charge in [-0.3, -0.25) is 0 Å². The number of nitrogens with zero attached hydrogens (tertiary/aromatic N) is 1. The minimum atomic E-state index is -3.39. The molecular weight excluding hydrogens is 264 g/mol. The summed E-state index contributed by atoms with van der Waals surface area (Å²) < 4.78 is 31.1. The van der Waals surface area contributed by atoms with Gasteiger partial charge in [-0.2, -0.15) is 0 Å². The van der Waals surface area contributed by atoms with Crippen molar-refractivity contribution in [1.82, 2.24) is 4.31 Å². The van der Waals surface area contributed by atoms with E-state index in [0.29, 0.717) is 24.5 Å². The van der Waals surface area contributed by atoms with Crippen molar-refractivity contribution in [2.75, 3.05) is 39.2 Å². The quantitative estimate of drug-likeness (QED) is 0.800. The second kappa shape index (κ2) is 5.90. The van der Waals surface area contributed by atoms with E-state index in [9.17, 15) is 8.42 Å². The molecule has 106 valence electrons. The number of sulfonamides is 1. The summed E-state index contributed by atoms with van der Waals surface area (Å²) in [6.45, 7) is 1.90. The number of hydrogen-bond donors (Lipinski definition) is 1. The number of ether oxygens (including phenoxy) is 1. The van der Waals surface area contributed by atoms with Crippen molar-refractivity contribution in [2.45, 2.75) is 17.7 Å². The van der Waals surface area contributed by atoms with Gasteiger partial charge in [0.15, 0.2) is 0 Å². The zero-order chi connectivity index (χ0) is 13.9. The van der Waals surface area contributed by atoms with Crippen molar-refractivity contribution in [3.8, 4) is 0 Å². The number of anilines is 1. The van der Waals surface area contributed by atoms with Crippen LogP contribution in [0, 0.1) is 0 Å². The van der Waals surface area contributed by atoms with Crippen molar-refractivity contribution < 1.29 is 13.2 Å². The van der Waals surface area contributed by atoms with Crippen LogP contribution in [0.25, 0.3) is 0 Å². The Kier molecular flexibility index (Phi) is 4.44. The molecule has 0 bridgehead atoms. The molecule has 1 aromatic carbocycles. The average molecular weight is 284 g/mol. The molecule has 5 nitrogen and oxygen atoms in total. The molecule has 0 unspecified atom stereocenters. The second-order valence-corrected chi connectivity index (χ2v) is 6.71. The molecule has 1 aromatic rings. The number of methoxy groups -OCH3 is 1. The van der Waals surface area contributed by atoms with E-state index in [2.05, 4.69) is 5.32 Å². The van der Waals surface area contributed by atoms with Crippen molar-refractivity contribution in [2.24, 2.45) is 0 Å². The molecule has 0 amide bonds. The molecule has 19 heavy (non-hydrogen) atoms. The minimum absolute atomic E-state index is 0.370. The number of hydrogen-bond acceptors (Lipinski definition) is 4. The van der Waals surface area contributed by atoms with Crippen LogP contribution < -0.4 is 5.32 Å². The lowest BCUT2D eigenvalue weighted by Gasteiger charge is -2.17. The average Bonchev–Trinajstić information content (AvgIpc) is 2.85. The Balaban J connectivity index is 2.15. The van der Waals surface area contributed by atoms with E-state index in [1.165, 1.54) is 4.31 Å². The Bertz CT molecular complexity index is 543. The Morgan fingerprint density at radius 1 is 1.42 bits per heavy atom. The first-order valence-corrected chi connectivity index (χ1v) is 7.82. The van der Waals surface area contributed by atoms with E-state index in [4.69, 9.17) is 4.74 Å². The van der Waals surface area contributed by atoms with E-state index >= 15 is 0 Å². The van der Waals surface area contributed by atoms with Crippen LogP contribution in [0.3, 0.4) is 0 Å². The zero-order valence-corrected chi connectivity index (χ0v) is 12.2. The molecule has 0 spiro atoms. The molecule has 0 aliphatic carbocycles. The van der Waals surface area contributed by atoms with Crippen molar-refractivity contribution >= 4 is 15.7 Å². The normalized spacial score (nSPS) is 14.5. The molecule has 1 heterocycles. The Labute approximate surface area is 114 Å². The summed E-state index contributed by atoms with van der Waals surface area (Å²) in [5, 5.41) is 3.22. The highest BCUT2D eigenvalue weighted by Crippen LogP contribution is 2.26. The van der Waals surface area contributed by atoms with E-state index in [1.807, 2.05) is 6.07 Å². The maximum Gasteiger partial charge on any atom is 0.242 e. The molecule has 0 radical (unpaired) electrons. The fourth-order valence-corrected chi connectivity index (χ4v) is 3.43. The molecule has 1 aliphatic rings. The summed E-state index contributed by atoms with van der Waals surface area (Å²) in [6, 6.07) is 5.29. The standard InChI is InChI=1S/C13H20N2O3S/c1-15(8-3-9-18-2)19(16,17)12-4-5-13-11(10-12)6-7-14-13/h4-5,10,14H,3,6-9H2,1-2H3. The van der Waals surface area contributed by atoms with E-state index in [1.54, 1.807) is 26.3 Å². The van der Waals surface area contributed by atoms with E-state index in [0.717, 1.165) is 24.2 Å². The number of fused-ring (bicyclic) bond motifs is 1. The second-order valence-electron chi connectivity index (χ2n) is 4.67. The molecular formula is C13H20N2O3S. The van der Waals surface area contributed by atoms with Crippen LogP contribution in [0.2, 0.25) is 0 Å². The van der Waals surface area contributed by atoms with Gasteiger partial charge in [0.1, 0.15) is 0 Å². The summed E-state index contributed by atoms with van der Waals surface area (Å²) >= 11 is 0. The molecule has 1 N–H and O–H groups in total. The summed E-state index contributed by atoms with van der Waals surface area (Å²) in [7, 11) is -0.170. The van der Waals surface area contributed by atoms with Crippen LogP contribution >= 0.6 is 0 Å². The van der Waals surface area contributed by atoms with Crippen LogP contribution in [0.1, 0.15) is 12.0 Å². The maximum atomic E-state index is 12.4. The summed E-state index contributed by atoms with van der Waals surface area (Å²) in [5.74, 6) is 0. The molecule has 1 aliphatic heterocycles. The zero-order valence-electron chi connectivity index (χ0n) is 11.3. The first-order valence-electron chi connectivity index (χ1n) is 6.38. The van der Waals surface area contributed by atoms with Gasteiger partial charge in [-0.15, -0.1) is 0 Å². The number of rotatable bonds is 6. The molecule has 2 rings (SSSR count). The Morgan fingerprint density at radius 2 is 2.21 bits per heavy atom. The van der Waals surface area contributed by atoms with Gasteiger partial charge in [0.2, 0.25) is 10.0 Å². The fraction of sp³-hybridized carbons (Fsp3) is 0.538. The molecule has 0 atom stereocenters.